The van der Waals surface area contributed by atoms with Crippen LogP contribution in [0.4, 0.5) is 4.39 Å². The minimum Gasteiger partial charge on any atom is -0.507 e. The average Bonchev–Trinajstić information content (AvgIpc) is 2.39. The van der Waals surface area contributed by atoms with Crippen LogP contribution >= 0.6 is 12.4 Å². The molecule has 7 heteroatoms. The molecule has 4 N–H and O–H groups in total. The second-order valence-corrected chi connectivity index (χ2v) is 4.64. The normalized spacial score (nSPS) is 17.3. The molecule has 0 aromatic heterocycles. The fraction of sp³-hybridized carbons (Fsp3) is 0.462. The second kappa shape index (κ2) is 6.88. The highest BCUT2D eigenvalue weighted by molar-refractivity contribution is 5.91. The van der Waals surface area contributed by atoms with Crippen molar-refractivity contribution in [2.24, 2.45) is 11.7 Å². The van der Waals surface area contributed by atoms with Gasteiger partial charge in [-0.1, -0.05) is 0 Å². The number of ether oxygens (including phenoxy) is 1. The van der Waals surface area contributed by atoms with E-state index in [1.807, 2.05) is 0 Å². The monoisotopic (exact) mass is 305 g/mol. The lowest BCUT2D eigenvalue weighted by Crippen LogP contribution is -2.28. The average molecular weight is 306 g/mol. The molecule has 0 saturated carbocycles. The number of nitrogens with two attached hydrogens (primary N) is 1. The van der Waals surface area contributed by atoms with E-state index in [0.29, 0.717) is 26.1 Å². The molecule has 20 heavy (non-hydrogen) atoms. The summed E-state index contributed by atoms with van der Waals surface area (Å²) >= 11 is 0. The number of benzene rings is 1. The summed E-state index contributed by atoms with van der Waals surface area (Å²) in [5, 5.41) is 18.8. The second-order valence-electron chi connectivity index (χ2n) is 4.64. The molecule has 0 aliphatic carbocycles. The SMILES string of the molecule is Cl.N[C@@H](c1c(F)ccc(C(=O)O)c1O)C1CCOCC1. The fourth-order valence-electron chi connectivity index (χ4n) is 2.38. The van der Waals surface area contributed by atoms with Gasteiger partial charge in [0.15, 0.2) is 0 Å². The number of hydrogen-bond acceptors (Lipinski definition) is 4. The molecular formula is C13H17ClFNO4. The Morgan fingerprint density at radius 3 is 2.55 bits per heavy atom. The van der Waals surface area contributed by atoms with Crippen molar-refractivity contribution in [2.45, 2.75) is 18.9 Å². The van der Waals surface area contributed by atoms with Crippen LogP contribution in [0.25, 0.3) is 0 Å². The van der Waals surface area contributed by atoms with E-state index in [2.05, 4.69) is 0 Å². The van der Waals surface area contributed by atoms with Gasteiger partial charge in [-0.05, 0) is 30.9 Å². The molecule has 1 fully saturated rings. The zero-order valence-electron chi connectivity index (χ0n) is 10.7. The number of carboxylic acids is 1. The van der Waals surface area contributed by atoms with Crippen molar-refractivity contribution in [1.82, 2.24) is 0 Å². The van der Waals surface area contributed by atoms with Crippen molar-refractivity contribution in [3.05, 3.63) is 29.1 Å². The van der Waals surface area contributed by atoms with E-state index in [0.717, 1.165) is 12.1 Å². The molecule has 1 atom stereocenters. The first-order valence-electron chi connectivity index (χ1n) is 6.10. The largest absolute Gasteiger partial charge is 0.507 e. The van der Waals surface area contributed by atoms with Crippen molar-refractivity contribution in [3.63, 3.8) is 0 Å². The van der Waals surface area contributed by atoms with E-state index in [9.17, 15) is 14.3 Å². The third-order valence-electron chi connectivity index (χ3n) is 3.50. The number of aromatic carboxylic acids is 1. The van der Waals surface area contributed by atoms with Gasteiger partial charge in [0.2, 0.25) is 0 Å². The maximum Gasteiger partial charge on any atom is 0.339 e. The molecule has 0 unspecified atom stereocenters. The summed E-state index contributed by atoms with van der Waals surface area (Å²) in [7, 11) is 0. The number of carbonyl (C=O) groups is 1. The molecule has 1 saturated heterocycles. The lowest BCUT2D eigenvalue weighted by atomic mass is 9.86. The van der Waals surface area contributed by atoms with Gasteiger partial charge in [-0.15, -0.1) is 12.4 Å². The summed E-state index contributed by atoms with van der Waals surface area (Å²) in [6.07, 6.45) is 1.33. The van der Waals surface area contributed by atoms with Gasteiger partial charge in [0.05, 0.1) is 0 Å². The maximum absolute atomic E-state index is 13.8. The van der Waals surface area contributed by atoms with Crippen LogP contribution in [0.15, 0.2) is 12.1 Å². The number of hydrogen-bond donors (Lipinski definition) is 3. The molecule has 0 spiro atoms. The lowest BCUT2D eigenvalue weighted by molar-refractivity contribution is 0.0575. The van der Waals surface area contributed by atoms with Gasteiger partial charge in [0.1, 0.15) is 17.1 Å². The Labute approximate surface area is 122 Å². The summed E-state index contributed by atoms with van der Waals surface area (Å²) in [5.74, 6) is -2.59. The van der Waals surface area contributed by atoms with Crippen molar-refractivity contribution in [2.75, 3.05) is 13.2 Å². The van der Waals surface area contributed by atoms with Crippen molar-refractivity contribution in [3.8, 4) is 5.75 Å². The first kappa shape index (κ1) is 16.7. The highest BCUT2D eigenvalue weighted by Gasteiger charge is 2.29. The Balaban J connectivity index is 0.00000200. The minimum atomic E-state index is -1.31. The zero-order chi connectivity index (χ0) is 14.0. The Morgan fingerprint density at radius 1 is 1.40 bits per heavy atom. The summed E-state index contributed by atoms with van der Waals surface area (Å²) in [5.41, 5.74) is 5.54. The van der Waals surface area contributed by atoms with Gasteiger partial charge in [-0.3, -0.25) is 0 Å². The molecule has 1 aromatic carbocycles. The molecule has 5 nitrogen and oxygen atoms in total. The third kappa shape index (κ3) is 3.20. The van der Waals surface area contributed by atoms with E-state index >= 15 is 0 Å². The van der Waals surface area contributed by atoms with E-state index < -0.39 is 23.6 Å². The molecule has 0 amide bonds. The van der Waals surface area contributed by atoms with Gasteiger partial charge in [0.25, 0.3) is 0 Å². The molecule has 1 aliphatic rings. The van der Waals surface area contributed by atoms with Crippen LogP contribution < -0.4 is 5.73 Å². The lowest BCUT2D eigenvalue weighted by Gasteiger charge is -2.28. The molecule has 1 aromatic rings. The van der Waals surface area contributed by atoms with Crippen LogP contribution in [0.2, 0.25) is 0 Å². The van der Waals surface area contributed by atoms with Crippen LogP contribution in [-0.2, 0) is 4.74 Å². The number of aromatic hydroxyl groups is 1. The van der Waals surface area contributed by atoms with Crippen molar-refractivity contribution >= 4 is 18.4 Å². The molecular weight excluding hydrogens is 289 g/mol. The third-order valence-corrected chi connectivity index (χ3v) is 3.50. The van der Waals surface area contributed by atoms with Gasteiger partial charge >= 0.3 is 5.97 Å². The highest BCUT2D eigenvalue weighted by Crippen LogP contribution is 2.36. The number of rotatable bonds is 3. The molecule has 2 rings (SSSR count). The Morgan fingerprint density at radius 2 is 2.00 bits per heavy atom. The highest BCUT2D eigenvalue weighted by atomic mass is 35.5. The van der Waals surface area contributed by atoms with Gasteiger partial charge in [0, 0.05) is 24.8 Å². The predicted octanol–water partition coefficient (Wildman–Crippen LogP) is 2.08. The standard InChI is InChI=1S/C13H16FNO4.ClH/c14-9-2-1-8(13(17)18)12(16)10(9)11(15)7-3-5-19-6-4-7;/h1-2,7,11,16H,3-6,15H2,(H,17,18);1H/t11-;/m1./s1. The van der Waals surface area contributed by atoms with E-state index in [1.165, 1.54) is 0 Å². The first-order valence-corrected chi connectivity index (χ1v) is 6.10. The quantitative estimate of drug-likeness (QED) is 0.795. The molecule has 1 aliphatic heterocycles. The van der Waals surface area contributed by atoms with Crippen LogP contribution in [-0.4, -0.2) is 29.4 Å². The Bertz CT molecular complexity index is 492. The summed E-state index contributed by atoms with van der Waals surface area (Å²) in [4.78, 5) is 10.9. The topological polar surface area (TPSA) is 92.8 Å². The summed E-state index contributed by atoms with van der Waals surface area (Å²) in [6, 6.07) is 1.33. The van der Waals surface area contributed by atoms with Crippen LogP contribution in [0, 0.1) is 11.7 Å². The molecule has 1 heterocycles. The van der Waals surface area contributed by atoms with Crippen molar-refractivity contribution < 1.29 is 24.1 Å². The van der Waals surface area contributed by atoms with Crippen LogP contribution in [0.1, 0.15) is 34.8 Å². The summed E-state index contributed by atoms with van der Waals surface area (Å²) in [6.45, 7) is 1.08. The number of phenols is 1. The Hall–Kier alpha value is -1.37. The van der Waals surface area contributed by atoms with E-state index in [4.69, 9.17) is 15.6 Å². The van der Waals surface area contributed by atoms with Gasteiger partial charge < -0.3 is 20.7 Å². The van der Waals surface area contributed by atoms with Gasteiger partial charge in [-0.2, -0.15) is 0 Å². The number of carboxylic acid groups (broad SMARTS) is 1. The van der Waals surface area contributed by atoms with Gasteiger partial charge in [-0.25, -0.2) is 9.18 Å². The first-order chi connectivity index (χ1) is 9.02. The zero-order valence-corrected chi connectivity index (χ0v) is 11.5. The van der Waals surface area contributed by atoms with E-state index in [1.54, 1.807) is 0 Å². The van der Waals surface area contributed by atoms with Crippen LogP contribution in [0.3, 0.4) is 0 Å². The fourth-order valence-corrected chi connectivity index (χ4v) is 2.38. The van der Waals surface area contributed by atoms with E-state index in [-0.39, 0.29) is 29.5 Å². The maximum atomic E-state index is 13.8. The predicted molar refractivity (Wildman–Crippen MR) is 72.7 cm³/mol. The Kier molecular flexibility index (Phi) is 5.74. The smallest absolute Gasteiger partial charge is 0.339 e. The number of halogens is 2. The molecule has 0 radical (unpaired) electrons. The minimum absolute atomic E-state index is 0. The van der Waals surface area contributed by atoms with Crippen LogP contribution in [0.5, 0.6) is 5.75 Å². The molecule has 112 valence electrons. The summed E-state index contributed by atoms with van der Waals surface area (Å²) < 4.78 is 19.0. The van der Waals surface area contributed by atoms with Crippen molar-refractivity contribution in [1.29, 1.82) is 0 Å². The molecule has 0 bridgehead atoms.